The van der Waals surface area contributed by atoms with E-state index in [1.165, 1.54) is 24.3 Å². The van der Waals surface area contributed by atoms with Crippen molar-refractivity contribution in [1.29, 1.82) is 0 Å². The lowest BCUT2D eigenvalue weighted by Crippen LogP contribution is -2.24. The zero-order chi connectivity index (χ0) is 12.3. The Morgan fingerprint density at radius 2 is 2.53 bits per heavy atom. The van der Waals surface area contributed by atoms with Gasteiger partial charge in [0, 0.05) is 24.5 Å². The van der Waals surface area contributed by atoms with E-state index in [4.69, 9.17) is 0 Å². The van der Waals surface area contributed by atoms with E-state index in [2.05, 4.69) is 17.3 Å². The summed E-state index contributed by atoms with van der Waals surface area (Å²) in [5.74, 6) is 0.716. The molecule has 0 aromatic carbocycles. The van der Waals surface area contributed by atoms with Crippen molar-refractivity contribution in [3.05, 3.63) is 27.1 Å². The first-order valence-corrected chi connectivity index (χ1v) is 6.64. The van der Waals surface area contributed by atoms with Crippen LogP contribution in [-0.4, -0.2) is 36.5 Å². The molecule has 1 fully saturated rings. The molecule has 1 aromatic heterocycles. The molecule has 1 N–H and O–H groups in total. The van der Waals surface area contributed by atoms with Crippen molar-refractivity contribution in [3.8, 4) is 0 Å². The standard InChI is InChI=1S/C11H17N3O2S/c1-13-3-2-9(7-13)5-12-6-10-4-11(14(15)16)17-8-10/h4,8-9,12H,2-3,5-7H2,1H3. The van der Waals surface area contributed by atoms with Gasteiger partial charge < -0.3 is 10.2 Å². The SMILES string of the molecule is CN1CCC(CNCc2csc([N+](=O)[O-])c2)C1. The summed E-state index contributed by atoms with van der Waals surface area (Å²) in [4.78, 5) is 12.5. The van der Waals surface area contributed by atoms with Gasteiger partial charge in [-0.1, -0.05) is 11.3 Å². The molecule has 0 radical (unpaired) electrons. The second-order valence-electron chi connectivity index (χ2n) is 4.60. The van der Waals surface area contributed by atoms with Crippen LogP contribution in [0.1, 0.15) is 12.0 Å². The number of nitrogens with zero attached hydrogens (tertiary/aromatic N) is 2. The highest BCUT2D eigenvalue weighted by Crippen LogP contribution is 2.22. The number of nitro groups is 1. The molecule has 0 spiro atoms. The second-order valence-corrected chi connectivity index (χ2v) is 5.49. The highest BCUT2D eigenvalue weighted by atomic mass is 32.1. The summed E-state index contributed by atoms with van der Waals surface area (Å²) in [6.45, 7) is 4.05. The smallest absolute Gasteiger partial charge is 0.312 e. The van der Waals surface area contributed by atoms with Gasteiger partial charge in [0.1, 0.15) is 0 Å². The maximum absolute atomic E-state index is 10.5. The summed E-state index contributed by atoms with van der Waals surface area (Å²) < 4.78 is 0. The molecule has 1 saturated heterocycles. The van der Waals surface area contributed by atoms with E-state index in [-0.39, 0.29) is 9.92 Å². The molecule has 1 aliphatic heterocycles. The van der Waals surface area contributed by atoms with Crippen LogP contribution in [0.15, 0.2) is 11.4 Å². The van der Waals surface area contributed by atoms with Crippen LogP contribution in [0, 0.1) is 16.0 Å². The number of thiophene rings is 1. The van der Waals surface area contributed by atoms with E-state index in [0.29, 0.717) is 5.92 Å². The summed E-state index contributed by atoms with van der Waals surface area (Å²) in [6.07, 6.45) is 1.24. The molecular formula is C11H17N3O2S. The minimum Gasteiger partial charge on any atom is -0.312 e. The predicted molar refractivity (Wildman–Crippen MR) is 68.3 cm³/mol. The molecule has 0 saturated carbocycles. The van der Waals surface area contributed by atoms with Gasteiger partial charge in [-0.15, -0.1) is 0 Å². The van der Waals surface area contributed by atoms with Gasteiger partial charge in [-0.25, -0.2) is 0 Å². The normalized spacial score (nSPS) is 20.9. The van der Waals surface area contributed by atoms with E-state index in [0.717, 1.165) is 25.2 Å². The number of nitrogens with one attached hydrogen (secondary N) is 1. The maximum atomic E-state index is 10.5. The molecular weight excluding hydrogens is 238 g/mol. The predicted octanol–water partition coefficient (Wildman–Crippen LogP) is 1.70. The van der Waals surface area contributed by atoms with Crippen molar-refractivity contribution in [2.24, 2.45) is 5.92 Å². The molecule has 1 aliphatic rings. The summed E-state index contributed by atoms with van der Waals surface area (Å²) in [5.41, 5.74) is 1.01. The average molecular weight is 255 g/mol. The number of rotatable bonds is 5. The number of hydrogen-bond donors (Lipinski definition) is 1. The van der Waals surface area contributed by atoms with E-state index in [1.54, 1.807) is 6.07 Å². The third-order valence-corrected chi connectivity index (χ3v) is 4.00. The Labute approximate surface area is 105 Å². The van der Waals surface area contributed by atoms with Crippen molar-refractivity contribution in [3.63, 3.8) is 0 Å². The lowest BCUT2D eigenvalue weighted by molar-refractivity contribution is -0.380. The molecule has 1 unspecified atom stereocenters. The van der Waals surface area contributed by atoms with Gasteiger partial charge in [0.2, 0.25) is 0 Å². The van der Waals surface area contributed by atoms with Crippen LogP contribution in [0.2, 0.25) is 0 Å². The van der Waals surface area contributed by atoms with E-state index in [1.807, 2.05) is 5.38 Å². The van der Waals surface area contributed by atoms with Crippen molar-refractivity contribution < 1.29 is 4.92 Å². The fourth-order valence-electron chi connectivity index (χ4n) is 2.16. The van der Waals surface area contributed by atoms with Crippen molar-refractivity contribution in [1.82, 2.24) is 10.2 Å². The van der Waals surface area contributed by atoms with Gasteiger partial charge in [0.25, 0.3) is 0 Å². The van der Waals surface area contributed by atoms with E-state index in [9.17, 15) is 10.1 Å². The van der Waals surface area contributed by atoms with Gasteiger partial charge >= 0.3 is 5.00 Å². The molecule has 94 valence electrons. The molecule has 0 aliphatic carbocycles. The third-order valence-electron chi connectivity index (χ3n) is 3.07. The van der Waals surface area contributed by atoms with Crippen LogP contribution >= 0.6 is 11.3 Å². The first-order chi connectivity index (χ1) is 8.15. The Balaban J connectivity index is 1.72. The quantitative estimate of drug-likeness (QED) is 0.642. The first-order valence-electron chi connectivity index (χ1n) is 5.76. The molecule has 5 nitrogen and oxygen atoms in total. The number of hydrogen-bond acceptors (Lipinski definition) is 5. The summed E-state index contributed by atoms with van der Waals surface area (Å²) in [7, 11) is 2.14. The van der Waals surface area contributed by atoms with Crippen LogP contribution in [0.5, 0.6) is 0 Å². The molecule has 0 amide bonds. The zero-order valence-electron chi connectivity index (χ0n) is 9.89. The van der Waals surface area contributed by atoms with Gasteiger partial charge in [-0.3, -0.25) is 10.1 Å². The molecule has 2 heterocycles. The largest absolute Gasteiger partial charge is 0.324 e. The molecule has 1 aromatic rings. The fraction of sp³-hybridized carbons (Fsp3) is 0.636. The van der Waals surface area contributed by atoms with Crippen LogP contribution < -0.4 is 5.32 Å². The first kappa shape index (κ1) is 12.5. The topological polar surface area (TPSA) is 58.4 Å². The Morgan fingerprint density at radius 1 is 1.71 bits per heavy atom. The zero-order valence-corrected chi connectivity index (χ0v) is 10.7. The van der Waals surface area contributed by atoms with Crippen LogP contribution in [0.25, 0.3) is 0 Å². The van der Waals surface area contributed by atoms with Gasteiger partial charge in [-0.2, -0.15) is 0 Å². The van der Waals surface area contributed by atoms with E-state index < -0.39 is 0 Å². The maximum Gasteiger partial charge on any atom is 0.324 e. The molecule has 17 heavy (non-hydrogen) atoms. The van der Waals surface area contributed by atoms with Crippen LogP contribution in [0.4, 0.5) is 5.00 Å². The number of likely N-dealkylation sites (tertiary alicyclic amines) is 1. The Bertz CT molecular complexity index is 394. The second kappa shape index (κ2) is 5.57. The van der Waals surface area contributed by atoms with Crippen molar-refractivity contribution in [2.75, 3.05) is 26.7 Å². The van der Waals surface area contributed by atoms with Gasteiger partial charge in [-0.05, 0) is 38.0 Å². The molecule has 2 rings (SSSR count). The lowest BCUT2D eigenvalue weighted by Gasteiger charge is -2.10. The summed E-state index contributed by atoms with van der Waals surface area (Å²) in [6, 6.07) is 1.65. The molecule has 0 bridgehead atoms. The lowest BCUT2D eigenvalue weighted by atomic mass is 10.1. The van der Waals surface area contributed by atoms with Crippen molar-refractivity contribution >= 4 is 16.3 Å². The Morgan fingerprint density at radius 3 is 3.12 bits per heavy atom. The Hall–Kier alpha value is -0.980. The van der Waals surface area contributed by atoms with Crippen LogP contribution in [0.3, 0.4) is 0 Å². The highest BCUT2D eigenvalue weighted by Gasteiger charge is 2.18. The minimum absolute atomic E-state index is 0.224. The summed E-state index contributed by atoms with van der Waals surface area (Å²) >= 11 is 1.19. The van der Waals surface area contributed by atoms with Gasteiger partial charge in [0.05, 0.1) is 4.92 Å². The molecule has 1 atom stereocenters. The highest BCUT2D eigenvalue weighted by molar-refractivity contribution is 7.13. The van der Waals surface area contributed by atoms with Crippen LogP contribution in [-0.2, 0) is 6.54 Å². The Kier molecular flexibility index (Phi) is 4.09. The summed E-state index contributed by atoms with van der Waals surface area (Å²) in [5, 5.41) is 16.0. The van der Waals surface area contributed by atoms with Gasteiger partial charge in [0.15, 0.2) is 0 Å². The minimum atomic E-state index is -0.333. The van der Waals surface area contributed by atoms with Crippen molar-refractivity contribution in [2.45, 2.75) is 13.0 Å². The average Bonchev–Trinajstić information content (AvgIpc) is 2.88. The fourth-order valence-corrected chi connectivity index (χ4v) is 2.89. The van der Waals surface area contributed by atoms with E-state index >= 15 is 0 Å². The molecule has 6 heteroatoms. The third kappa shape index (κ3) is 3.49. The monoisotopic (exact) mass is 255 g/mol.